The summed E-state index contributed by atoms with van der Waals surface area (Å²) in [6, 6.07) is 0. The first-order valence-electron chi connectivity index (χ1n) is 12.0. The molecule has 0 spiro atoms. The fourth-order valence-corrected chi connectivity index (χ4v) is 3.85. The largest absolute Gasteiger partial charge is 0.332 e. The van der Waals surface area contributed by atoms with Crippen molar-refractivity contribution in [2.45, 2.75) is 90.5 Å². The molecule has 0 aliphatic carbocycles. The second-order valence-electron chi connectivity index (χ2n) is 8.41. The van der Waals surface area contributed by atoms with Crippen LogP contribution in [0.25, 0.3) is 11.2 Å². The summed E-state index contributed by atoms with van der Waals surface area (Å²) in [5, 5.41) is 0. The molecule has 0 aliphatic rings. The SMILES string of the molecule is CCCCCC=CCC=CCCCCCCCCn1c(=O)c2c(ncn2C)n(C)c1=O. The van der Waals surface area contributed by atoms with Gasteiger partial charge in [-0.2, -0.15) is 0 Å². The molecule has 6 heteroatoms. The summed E-state index contributed by atoms with van der Waals surface area (Å²) < 4.78 is 4.51. The maximum absolute atomic E-state index is 12.7. The Morgan fingerprint density at radius 2 is 1.45 bits per heavy atom. The highest BCUT2D eigenvalue weighted by Crippen LogP contribution is 2.09. The van der Waals surface area contributed by atoms with Gasteiger partial charge in [-0.15, -0.1) is 0 Å². The van der Waals surface area contributed by atoms with Gasteiger partial charge in [0.05, 0.1) is 6.33 Å². The number of unbranched alkanes of at least 4 members (excludes halogenated alkanes) is 9. The van der Waals surface area contributed by atoms with Gasteiger partial charge in [-0.05, 0) is 38.5 Å². The van der Waals surface area contributed by atoms with Crippen LogP contribution < -0.4 is 11.2 Å². The first kappa shape index (κ1) is 24.9. The number of aromatic nitrogens is 4. The van der Waals surface area contributed by atoms with E-state index in [1.54, 1.807) is 25.0 Å². The van der Waals surface area contributed by atoms with Gasteiger partial charge in [-0.25, -0.2) is 9.78 Å². The first-order chi connectivity index (χ1) is 15.1. The molecular formula is C25H40N4O2. The van der Waals surface area contributed by atoms with Crippen LogP contribution in [0.4, 0.5) is 0 Å². The Bertz CT molecular complexity index is 962. The van der Waals surface area contributed by atoms with Gasteiger partial charge in [0.15, 0.2) is 11.2 Å². The molecule has 0 bridgehead atoms. The average molecular weight is 429 g/mol. The Kier molecular flexibility index (Phi) is 11.1. The number of rotatable bonds is 15. The van der Waals surface area contributed by atoms with Crippen molar-refractivity contribution in [3.63, 3.8) is 0 Å². The third-order valence-corrected chi connectivity index (χ3v) is 5.78. The summed E-state index contributed by atoms with van der Waals surface area (Å²) in [6.45, 7) is 2.71. The van der Waals surface area contributed by atoms with Gasteiger partial charge < -0.3 is 4.57 Å². The molecule has 0 amide bonds. The summed E-state index contributed by atoms with van der Waals surface area (Å²) >= 11 is 0. The lowest BCUT2D eigenvalue weighted by Crippen LogP contribution is -2.39. The molecule has 2 aromatic heterocycles. The van der Waals surface area contributed by atoms with Crippen molar-refractivity contribution in [1.29, 1.82) is 0 Å². The van der Waals surface area contributed by atoms with Crippen LogP contribution in [0.3, 0.4) is 0 Å². The van der Waals surface area contributed by atoms with E-state index in [0.29, 0.717) is 17.7 Å². The van der Waals surface area contributed by atoms with E-state index in [9.17, 15) is 9.59 Å². The van der Waals surface area contributed by atoms with E-state index in [4.69, 9.17) is 0 Å². The third-order valence-electron chi connectivity index (χ3n) is 5.78. The normalized spacial score (nSPS) is 12.1. The number of aryl methyl sites for hydroxylation is 2. The van der Waals surface area contributed by atoms with Gasteiger partial charge in [0, 0.05) is 20.6 Å². The van der Waals surface area contributed by atoms with Crippen LogP contribution in [0.2, 0.25) is 0 Å². The maximum Gasteiger partial charge on any atom is 0.332 e. The van der Waals surface area contributed by atoms with Crippen LogP contribution in [-0.4, -0.2) is 18.7 Å². The summed E-state index contributed by atoms with van der Waals surface area (Å²) in [5.74, 6) is 0. The molecule has 0 aliphatic heterocycles. The lowest BCUT2D eigenvalue weighted by atomic mass is 10.1. The molecular weight excluding hydrogens is 388 g/mol. The maximum atomic E-state index is 12.7. The van der Waals surface area contributed by atoms with Crippen LogP contribution in [0.15, 0.2) is 40.2 Å². The molecule has 172 valence electrons. The summed E-state index contributed by atoms with van der Waals surface area (Å²) in [6.07, 6.45) is 24.8. The van der Waals surface area contributed by atoms with Gasteiger partial charge in [0.2, 0.25) is 0 Å². The Morgan fingerprint density at radius 1 is 0.839 bits per heavy atom. The number of allylic oxidation sites excluding steroid dienone is 4. The molecule has 31 heavy (non-hydrogen) atoms. The highest BCUT2D eigenvalue weighted by molar-refractivity contribution is 5.69. The van der Waals surface area contributed by atoms with Crippen molar-refractivity contribution >= 4 is 11.2 Å². The lowest BCUT2D eigenvalue weighted by molar-refractivity contribution is 0.524. The minimum Gasteiger partial charge on any atom is -0.328 e. The number of imidazole rings is 1. The van der Waals surface area contributed by atoms with Gasteiger partial charge in [-0.3, -0.25) is 13.9 Å². The second kappa shape index (κ2) is 13.8. The van der Waals surface area contributed by atoms with Gasteiger partial charge in [-0.1, -0.05) is 69.8 Å². The lowest BCUT2D eigenvalue weighted by Gasteiger charge is -2.08. The highest BCUT2D eigenvalue weighted by atomic mass is 16.2. The van der Waals surface area contributed by atoms with Crippen molar-refractivity contribution in [2.75, 3.05) is 0 Å². The molecule has 0 fully saturated rings. The first-order valence-corrected chi connectivity index (χ1v) is 12.0. The zero-order valence-electron chi connectivity index (χ0n) is 19.7. The van der Waals surface area contributed by atoms with Crippen LogP contribution in [0, 0.1) is 0 Å². The highest BCUT2D eigenvalue weighted by Gasteiger charge is 2.14. The number of fused-ring (bicyclic) bond motifs is 1. The Labute approximate surface area is 186 Å². The summed E-state index contributed by atoms with van der Waals surface area (Å²) in [5.41, 5.74) is 0.424. The topological polar surface area (TPSA) is 61.8 Å². The standard InChI is InChI=1S/C25H40N4O2/c1-4-5-6-7-8-9-10-11-12-13-14-15-16-17-18-19-20-29-24(30)22-23(26-21-27(22)2)28(3)25(29)31/h8-9,11-12,21H,4-7,10,13-20H2,1-3H3. The van der Waals surface area contributed by atoms with Gasteiger partial charge >= 0.3 is 5.69 Å². The van der Waals surface area contributed by atoms with E-state index < -0.39 is 0 Å². The van der Waals surface area contributed by atoms with Crippen molar-refractivity contribution < 1.29 is 0 Å². The smallest absolute Gasteiger partial charge is 0.328 e. The van der Waals surface area contributed by atoms with E-state index >= 15 is 0 Å². The van der Waals surface area contributed by atoms with E-state index in [0.717, 1.165) is 32.1 Å². The van der Waals surface area contributed by atoms with Crippen LogP contribution in [-0.2, 0) is 20.6 Å². The summed E-state index contributed by atoms with van der Waals surface area (Å²) in [7, 11) is 3.46. The fourth-order valence-electron chi connectivity index (χ4n) is 3.85. The zero-order valence-corrected chi connectivity index (χ0v) is 19.7. The monoisotopic (exact) mass is 428 g/mol. The molecule has 0 N–H and O–H groups in total. The van der Waals surface area contributed by atoms with Crippen molar-refractivity contribution in [3.8, 4) is 0 Å². The van der Waals surface area contributed by atoms with Crippen molar-refractivity contribution in [1.82, 2.24) is 18.7 Å². The summed E-state index contributed by atoms with van der Waals surface area (Å²) in [4.78, 5) is 29.3. The fraction of sp³-hybridized carbons (Fsp3) is 0.640. The number of hydrogen-bond acceptors (Lipinski definition) is 3. The molecule has 0 saturated carbocycles. The number of nitrogens with zero attached hydrogens (tertiary/aromatic N) is 4. The Morgan fingerprint density at radius 3 is 2.13 bits per heavy atom. The number of hydrogen-bond donors (Lipinski definition) is 0. The molecule has 2 aromatic rings. The predicted molar refractivity (Wildman–Crippen MR) is 130 cm³/mol. The molecule has 0 saturated heterocycles. The second-order valence-corrected chi connectivity index (χ2v) is 8.41. The van der Waals surface area contributed by atoms with E-state index in [2.05, 4.69) is 36.2 Å². The zero-order chi connectivity index (χ0) is 22.5. The predicted octanol–water partition coefficient (Wildman–Crippen LogP) is 5.25. The third kappa shape index (κ3) is 7.67. The average Bonchev–Trinajstić information content (AvgIpc) is 3.15. The minimum absolute atomic E-state index is 0.235. The molecule has 2 rings (SSSR count). The van der Waals surface area contributed by atoms with Crippen LogP contribution >= 0.6 is 0 Å². The van der Waals surface area contributed by atoms with E-state index in [-0.39, 0.29) is 11.2 Å². The van der Waals surface area contributed by atoms with Crippen molar-refractivity contribution in [3.05, 3.63) is 51.5 Å². The minimum atomic E-state index is -0.279. The molecule has 0 aromatic carbocycles. The molecule has 6 nitrogen and oxygen atoms in total. The van der Waals surface area contributed by atoms with E-state index in [1.807, 2.05) is 0 Å². The molecule has 0 unspecified atom stereocenters. The Hall–Kier alpha value is -2.37. The molecule has 0 atom stereocenters. The van der Waals surface area contributed by atoms with E-state index in [1.165, 1.54) is 54.1 Å². The Balaban J connectivity index is 1.58. The van der Waals surface area contributed by atoms with Crippen LogP contribution in [0.5, 0.6) is 0 Å². The van der Waals surface area contributed by atoms with Gasteiger partial charge in [0.1, 0.15) is 0 Å². The molecule has 0 radical (unpaired) electrons. The molecule has 2 heterocycles. The van der Waals surface area contributed by atoms with Crippen LogP contribution in [0.1, 0.15) is 84.0 Å². The van der Waals surface area contributed by atoms with Gasteiger partial charge in [0.25, 0.3) is 5.56 Å². The van der Waals surface area contributed by atoms with Crippen molar-refractivity contribution in [2.24, 2.45) is 14.1 Å². The quantitative estimate of drug-likeness (QED) is 0.288.